The van der Waals surface area contributed by atoms with E-state index >= 15 is 0 Å². The summed E-state index contributed by atoms with van der Waals surface area (Å²) in [4.78, 5) is 15.0. The number of hydrogen-bond acceptors (Lipinski definition) is 3. The number of hydrogen-bond donors (Lipinski definition) is 1. The molecule has 1 aromatic rings. The molecule has 0 radical (unpaired) electrons. The number of alkyl halides is 3. The largest absolute Gasteiger partial charge is 0.401 e. The van der Waals surface area contributed by atoms with Gasteiger partial charge in [-0.05, 0) is 12.5 Å². The summed E-state index contributed by atoms with van der Waals surface area (Å²) in [6.45, 7) is 1.19. The lowest BCUT2D eigenvalue weighted by atomic mass is 10.1. The summed E-state index contributed by atoms with van der Waals surface area (Å²) in [5.74, 6) is -0.468. The highest BCUT2D eigenvalue weighted by atomic mass is 19.4. The van der Waals surface area contributed by atoms with Crippen LogP contribution in [0.15, 0.2) is 30.3 Å². The van der Waals surface area contributed by atoms with Crippen LogP contribution in [0.1, 0.15) is 18.6 Å². The van der Waals surface area contributed by atoms with Gasteiger partial charge in [0.2, 0.25) is 0 Å². The smallest absolute Gasteiger partial charge is 0.378 e. The van der Waals surface area contributed by atoms with Crippen LogP contribution in [0, 0.1) is 0 Å². The van der Waals surface area contributed by atoms with Crippen molar-refractivity contribution in [2.45, 2.75) is 25.2 Å². The summed E-state index contributed by atoms with van der Waals surface area (Å²) in [5.41, 5.74) is 0.484. The third kappa shape index (κ3) is 4.20. The average molecular weight is 316 g/mol. The molecule has 1 aromatic carbocycles. The predicted molar refractivity (Wildman–Crippen MR) is 75.1 cm³/mol. The maximum absolute atomic E-state index is 12.5. The molecule has 2 rings (SSSR count). The van der Waals surface area contributed by atoms with Gasteiger partial charge < -0.3 is 10.0 Å². The van der Waals surface area contributed by atoms with Crippen molar-refractivity contribution in [2.75, 3.05) is 26.2 Å². The number of rotatable bonds is 3. The first-order valence-electron chi connectivity index (χ1n) is 7.10. The van der Waals surface area contributed by atoms with Crippen molar-refractivity contribution in [2.24, 2.45) is 0 Å². The van der Waals surface area contributed by atoms with Crippen LogP contribution in [0.25, 0.3) is 0 Å². The first-order valence-corrected chi connectivity index (χ1v) is 7.10. The van der Waals surface area contributed by atoms with Crippen molar-refractivity contribution in [1.29, 1.82) is 0 Å². The van der Waals surface area contributed by atoms with Crippen LogP contribution < -0.4 is 0 Å². The van der Waals surface area contributed by atoms with Crippen molar-refractivity contribution in [3.05, 3.63) is 35.9 Å². The number of benzene rings is 1. The molecular weight excluding hydrogens is 297 g/mol. The number of amides is 1. The molecule has 0 aromatic heterocycles. The van der Waals surface area contributed by atoms with Crippen molar-refractivity contribution in [3.8, 4) is 0 Å². The number of aliphatic hydroxyl groups excluding tert-OH is 1. The molecule has 1 fully saturated rings. The van der Waals surface area contributed by atoms with E-state index in [0.29, 0.717) is 5.56 Å². The number of carbonyl (C=O) groups excluding carboxylic acids is 1. The molecule has 1 N–H and O–H groups in total. The van der Waals surface area contributed by atoms with E-state index in [1.807, 2.05) is 0 Å². The van der Waals surface area contributed by atoms with Crippen LogP contribution in [0.5, 0.6) is 0 Å². The summed E-state index contributed by atoms with van der Waals surface area (Å²) in [6.07, 6.45) is -5.52. The van der Waals surface area contributed by atoms with Gasteiger partial charge in [0.05, 0.1) is 6.54 Å². The Balaban J connectivity index is 1.96. The number of nitrogens with zero attached hydrogens (tertiary/aromatic N) is 2. The molecule has 22 heavy (non-hydrogen) atoms. The summed E-state index contributed by atoms with van der Waals surface area (Å²) in [7, 11) is 0. The highest BCUT2D eigenvalue weighted by Gasteiger charge is 2.36. The molecule has 7 heteroatoms. The van der Waals surface area contributed by atoms with Gasteiger partial charge in [-0.25, -0.2) is 0 Å². The molecule has 0 spiro atoms. The van der Waals surface area contributed by atoms with Gasteiger partial charge in [-0.1, -0.05) is 30.3 Å². The van der Waals surface area contributed by atoms with Gasteiger partial charge in [0.1, 0.15) is 0 Å². The molecule has 1 heterocycles. The third-order valence-corrected chi connectivity index (χ3v) is 3.81. The normalized spacial score (nSPS) is 21.7. The fourth-order valence-electron chi connectivity index (χ4n) is 2.61. The Morgan fingerprint density at radius 3 is 2.50 bits per heavy atom. The Morgan fingerprint density at radius 1 is 1.32 bits per heavy atom. The van der Waals surface area contributed by atoms with E-state index in [-0.39, 0.29) is 19.6 Å². The highest BCUT2D eigenvalue weighted by molar-refractivity contribution is 5.82. The Morgan fingerprint density at radius 2 is 1.95 bits per heavy atom. The number of aliphatic hydroxyl groups is 1. The third-order valence-electron chi connectivity index (χ3n) is 3.81. The molecule has 0 bridgehead atoms. The zero-order valence-electron chi connectivity index (χ0n) is 12.3. The Kier molecular flexibility index (Phi) is 5.08. The molecule has 1 unspecified atom stereocenters. The minimum Gasteiger partial charge on any atom is -0.378 e. The second kappa shape index (κ2) is 6.66. The highest BCUT2D eigenvalue weighted by Crippen LogP contribution is 2.22. The summed E-state index contributed by atoms with van der Waals surface area (Å²) >= 11 is 0. The molecule has 1 amide bonds. The van der Waals surface area contributed by atoms with Crippen LogP contribution in [0.2, 0.25) is 0 Å². The molecule has 0 saturated carbocycles. The van der Waals surface area contributed by atoms with E-state index in [9.17, 15) is 23.1 Å². The lowest BCUT2D eigenvalue weighted by Crippen LogP contribution is -2.56. The van der Waals surface area contributed by atoms with Gasteiger partial charge in [-0.3, -0.25) is 9.69 Å². The number of carbonyl (C=O) groups is 1. The predicted octanol–water partition coefficient (Wildman–Crippen LogP) is 1.82. The fourth-order valence-corrected chi connectivity index (χ4v) is 2.61. The first-order chi connectivity index (χ1) is 10.3. The van der Waals surface area contributed by atoms with Crippen molar-refractivity contribution >= 4 is 5.91 Å². The summed E-state index contributed by atoms with van der Waals surface area (Å²) in [5, 5.41) is 10.1. The average Bonchev–Trinajstić information content (AvgIpc) is 2.47. The minimum absolute atomic E-state index is 0.147. The van der Waals surface area contributed by atoms with E-state index < -0.39 is 30.8 Å². The summed E-state index contributed by atoms with van der Waals surface area (Å²) in [6, 6.07) is 8.10. The van der Waals surface area contributed by atoms with Crippen LogP contribution in [0.4, 0.5) is 13.2 Å². The molecular formula is C15H19F3N2O2. The van der Waals surface area contributed by atoms with Crippen LogP contribution in [-0.4, -0.2) is 59.2 Å². The van der Waals surface area contributed by atoms with Gasteiger partial charge >= 0.3 is 6.18 Å². The van der Waals surface area contributed by atoms with Gasteiger partial charge in [0.25, 0.3) is 5.91 Å². The molecule has 1 saturated heterocycles. The van der Waals surface area contributed by atoms with Crippen LogP contribution in [-0.2, 0) is 4.79 Å². The van der Waals surface area contributed by atoms with E-state index in [1.165, 1.54) is 9.80 Å². The molecule has 2 atom stereocenters. The molecule has 1 aliphatic rings. The van der Waals surface area contributed by atoms with Crippen molar-refractivity contribution in [3.63, 3.8) is 0 Å². The molecule has 122 valence electrons. The van der Waals surface area contributed by atoms with E-state index in [4.69, 9.17) is 0 Å². The standard InChI is InChI=1S/C15H19F3N2O2/c1-11-9-19(7-8-20(11)10-15(16,17)18)14(22)13(21)12-5-3-2-4-6-12/h2-6,11,13,21H,7-10H2,1H3/t11?,13-/m1/s1. The van der Waals surface area contributed by atoms with Gasteiger partial charge in [0.15, 0.2) is 6.10 Å². The number of piperazine rings is 1. The second-order valence-electron chi connectivity index (χ2n) is 5.53. The lowest BCUT2D eigenvalue weighted by Gasteiger charge is -2.40. The zero-order chi connectivity index (χ0) is 16.3. The molecule has 0 aliphatic carbocycles. The molecule has 1 aliphatic heterocycles. The molecule has 4 nitrogen and oxygen atoms in total. The summed E-state index contributed by atoms with van der Waals surface area (Å²) < 4.78 is 37.4. The van der Waals surface area contributed by atoms with Gasteiger partial charge in [-0.15, -0.1) is 0 Å². The lowest BCUT2D eigenvalue weighted by molar-refractivity contribution is -0.160. The SMILES string of the molecule is CC1CN(C(=O)[C@H](O)c2ccccc2)CCN1CC(F)(F)F. The topological polar surface area (TPSA) is 43.8 Å². The van der Waals surface area contributed by atoms with E-state index in [0.717, 1.165) is 0 Å². The monoisotopic (exact) mass is 316 g/mol. The van der Waals surface area contributed by atoms with Crippen molar-refractivity contribution < 1.29 is 23.1 Å². The fraction of sp³-hybridized carbons (Fsp3) is 0.533. The van der Waals surface area contributed by atoms with Crippen molar-refractivity contribution in [1.82, 2.24) is 9.80 Å². The van der Waals surface area contributed by atoms with E-state index in [2.05, 4.69) is 0 Å². The number of halogens is 3. The zero-order valence-corrected chi connectivity index (χ0v) is 12.3. The first kappa shape index (κ1) is 16.8. The minimum atomic E-state index is -4.25. The Bertz CT molecular complexity index is 507. The quantitative estimate of drug-likeness (QED) is 0.925. The van der Waals surface area contributed by atoms with E-state index in [1.54, 1.807) is 37.3 Å². The van der Waals surface area contributed by atoms with Crippen LogP contribution >= 0.6 is 0 Å². The maximum atomic E-state index is 12.5. The second-order valence-corrected chi connectivity index (χ2v) is 5.53. The van der Waals surface area contributed by atoms with Gasteiger partial charge in [-0.2, -0.15) is 13.2 Å². The Hall–Kier alpha value is -1.60. The van der Waals surface area contributed by atoms with Crippen LogP contribution in [0.3, 0.4) is 0 Å². The Labute approximate surface area is 127 Å². The van der Waals surface area contributed by atoms with Gasteiger partial charge in [0, 0.05) is 25.7 Å². The maximum Gasteiger partial charge on any atom is 0.401 e.